The number of benzene rings is 1. The van der Waals surface area contributed by atoms with Crippen LogP contribution in [-0.4, -0.2) is 19.3 Å². The minimum absolute atomic E-state index is 0.0972. The molecule has 0 fully saturated rings. The van der Waals surface area contributed by atoms with Crippen LogP contribution in [0.3, 0.4) is 0 Å². The Morgan fingerprint density at radius 3 is 2.35 bits per heavy atom. The topological polar surface area (TPSA) is 60.9 Å². The fourth-order valence-corrected chi connectivity index (χ4v) is 3.03. The molecule has 0 unspecified atom stereocenters. The van der Waals surface area contributed by atoms with Crippen molar-refractivity contribution in [2.24, 2.45) is 0 Å². The lowest BCUT2D eigenvalue weighted by molar-refractivity contribution is 0.492. The first kappa shape index (κ1) is 17.9. The molecule has 2 aromatic rings. The molecular weight excluding hydrogens is 306 g/mol. The lowest BCUT2D eigenvalue weighted by Gasteiger charge is -2.27. The van der Waals surface area contributed by atoms with Gasteiger partial charge in [-0.25, -0.2) is 9.97 Å². The van der Waals surface area contributed by atoms with E-state index in [4.69, 9.17) is 0 Å². The van der Waals surface area contributed by atoms with Crippen molar-refractivity contribution in [3.8, 4) is 0 Å². The first-order valence-corrected chi connectivity index (χ1v) is 9.10. The molecule has 0 aliphatic carbocycles. The summed E-state index contributed by atoms with van der Waals surface area (Å²) in [6, 6.07) is 12.1. The highest BCUT2D eigenvalue weighted by molar-refractivity contribution is 7.90. The average Bonchev–Trinajstić information content (AvgIpc) is 2.54. The third kappa shape index (κ3) is 5.94. The van der Waals surface area contributed by atoms with Gasteiger partial charge in [0.2, 0.25) is 0 Å². The molecule has 1 aromatic carbocycles. The fraction of sp³-hybridized carbons (Fsp3) is 0.444. The molecule has 23 heavy (non-hydrogen) atoms. The average molecular weight is 331 g/mol. The van der Waals surface area contributed by atoms with E-state index < -0.39 is 11.4 Å². The molecule has 1 heterocycles. The van der Waals surface area contributed by atoms with Gasteiger partial charge in [-0.05, 0) is 51.7 Å². The maximum atomic E-state index is 12.4. The standard InChI is InChI=1S/C18H25N3OS/c1-18(2,3)23(22)21-16(17-19-13-8-14-20-17)12-7-11-15-9-5-4-6-10-15/h4-6,8-10,13-14,16,21H,7,11-12H2,1-3H3/t16-,23-/m0/s1. The zero-order valence-electron chi connectivity index (χ0n) is 14.0. The van der Waals surface area contributed by atoms with E-state index >= 15 is 0 Å². The first-order valence-electron chi connectivity index (χ1n) is 7.96. The van der Waals surface area contributed by atoms with Crippen molar-refractivity contribution in [2.45, 2.75) is 50.8 Å². The Bertz CT molecular complexity index is 572. The molecule has 0 saturated carbocycles. The second-order valence-electron chi connectivity index (χ2n) is 6.54. The molecule has 1 aromatic heterocycles. The van der Waals surface area contributed by atoms with Crippen LogP contribution in [0.25, 0.3) is 0 Å². The largest absolute Gasteiger partial charge is 0.598 e. The second kappa shape index (κ2) is 8.43. The molecule has 5 heteroatoms. The number of hydrogen-bond acceptors (Lipinski definition) is 4. The van der Waals surface area contributed by atoms with Crippen LogP contribution in [-0.2, 0) is 17.8 Å². The van der Waals surface area contributed by atoms with Crippen LogP contribution in [0.5, 0.6) is 0 Å². The minimum Gasteiger partial charge on any atom is -0.598 e. The van der Waals surface area contributed by atoms with E-state index in [9.17, 15) is 4.55 Å². The van der Waals surface area contributed by atoms with E-state index in [1.807, 2.05) is 26.8 Å². The predicted molar refractivity (Wildman–Crippen MR) is 95.2 cm³/mol. The van der Waals surface area contributed by atoms with Gasteiger partial charge in [0, 0.05) is 23.8 Å². The molecule has 0 saturated heterocycles. The summed E-state index contributed by atoms with van der Waals surface area (Å²) < 4.78 is 15.3. The Kier molecular flexibility index (Phi) is 6.57. The van der Waals surface area contributed by atoms with Crippen LogP contribution < -0.4 is 4.72 Å². The molecule has 1 N–H and O–H groups in total. The van der Waals surface area contributed by atoms with Crippen molar-refractivity contribution in [1.82, 2.24) is 14.7 Å². The first-order chi connectivity index (χ1) is 11.0. The Balaban J connectivity index is 1.99. The highest BCUT2D eigenvalue weighted by Gasteiger charge is 2.30. The summed E-state index contributed by atoms with van der Waals surface area (Å²) in [5.41, 5.74) is 1.32. The molecule has 0 bridgehead atoms. The van der Waals surface area contributed by atoms with Crippen LogP contribution in [0, 0.1) is 0 Å². The van der Waals surface area contributed by atoms with E-state index in [1.54, 1.807) is 18.5 Å². The van der Waals surface area contributed by atoms with Gasteiger partial charge in [-0.3, -0.25) is 0 Å². The zero-order chi connectivity index (χ0) is 16.7. The third-order valence-corrected chi connectivity index (χ3v) is 5.11. The lowest BCUT2D eigenvalue weighted by atomic mass is 10.0. The molecule has 2 rings (SSSR count). The summed E-state index contributed by atoms with van der Waals surface area (Å²) in [4.78, 5) is 8.66. The second-order valence-corrected chi connectivity index (χ2v) is 8.53. The number of hydrogen-bond donors (Lipinski definition) is 1. The molecule has 0 radical (unpaired) electrons. The Morgan fingerprint density at radius 1 is 1.09 bits per heavy atom. The van der Waals surface area contributed by atoms with Crippen molar-refractivity contribution in [3.63, 3.8) is 0 Å². The van der Waals surface area contributed by atoms with Gasteiger partial charge in [0.15, 0.2) is 0 Å². The van der Waals surface area contributed by atoms with Gasteiger partial charge < -0.3 is 4.55 Å². The molecule has 0 aliphatic rings. The molecule has 0 aliphatic heterocycles. The van der Waals surface area contributed by atoms with Gasteiger partial charge in [0.25, 0.3) is 0 Å². The Hall–Kier alpha value is -1.43. The number of nitrogens with zero attached hydrogens (tertiary/aromatic N) is 2. The van der Waals surface area contributed by atoms with Gasteiger partial charge in [-0.15, -0.1) is 4.72 Å². The Morgan fingerprint density at radius 2 is 1.74 bits per heavy atom. The SMILES string of the molecule is CC(C)(C)[S@+]([O-])N[C@@H](CCCc1ccccc1)c1ncccn1. The van der Waals surface area contributed by atoms with E-state index in [0.29, 0.717) is 5.82 Å². The molecule has 4 nitrogen and oxygen atoms in total. The number of rotatable bonds is 7. The summed E-state index contributed by atoms with van der Waals surface area (Å²) in [5, 5.41) is 0. The van der Waals surface area contributed by atoms with Gasteiger partial charge in [0.1, 0.15) is 16.6 Å². The molecule has 0 spiro atoms. The minimum atomic E-state index is -1.15. The molecule has 2 atom stereocenters. The summed E-state index contributed by atoms with van der Waals surface area (Å²) in [6.45, 7) is 5.88. The van der Waals surface area contributed by atoms with Gasteiger partial charge >= 0.3 is 0 Å². The Labute approximate surface area is 142 Å². The summed E-state index contributed by atoms with van der Waals surface area (Å²) in [6.07, 6.45) is 6.29. The van der Waals surface area contributed by atoms with Gasteiger partial charge in [0.05, 0.1) is 0 Å². The summed E-state index contributed by atoms with van der Waals surface area (Å²) in [5.74, 6) is 0.707. The number of nitrogens with one attached hydrogen (secondary N) is 1. The van der Waals surface area contributed by atoms with Crippen molar-refractivity contribution in [1.29, 1.82) is 0 Å². The van der Waals surface area contributed by atoms with E-state index in [1.165, 1.54) is 5.56 Å². The summed E-state index contributed by atoms with van der Waals surface area (Å²) in [7, 11) is 0. The zero-order valence-corrected chi connectivity index (χ0v) is 14.8. The number of aromatic nitrogens is 2. The van der Waals surface area contributed by atoms with Crippen LogP contribution in [0.2, 0.25) is 0 Å². The van der Waals surface area contributed by atoms with E-state index in [-0.39, 0.29) is 10.8 Å². The smallest absolute Gasteiger partial charge is 0.149 e. The van der Waals surface area contributed by atoms with Crippen molar-refractivity contribution < 1.29 is 4.55 Å². The monoisotopic (exact) mass is 331 g/mol. The van der Waals surface area contributed by atoms with Crippen LogP contribution in [0.15, 0.2) is 48.8 Å². The van der Waals surface area contributed by atoms with Crippen molar-refractivity contribution in [3.05, 3.63) is 60.2 Å². The normalized spacial score (nSPS) is 14.4. The highest BCUT2D eigenvalue weighted by Crippen LogP contribution is 2.22. The maximum absolute atomic E-state index is 12.4. The van der Waals surface area contributed by atoms with Crippen LogP contribution in [0.4, 0.5) is 0 Å². The van der Waals surface area contributed by atoms with Crippen LogP contribution >= 0.6 is 0 Å². The van der Waals surface area contributed by atoms with Crippen molar-refractivity contribution >= 4 is 11.4 Å². The lowest BCUT2D eigenvalue weighted by Crippen LogP contribution is -2.41. The quantitative estimate of drug-likeness (QED) is 0.788. The van der Waals surface area contributed by atoms with Gasteiger partial charge in [-0.1, -0.05) is 30.3 Å². The van der Waals surface area contributed by atoms with Crippen molar-refractivity contribution in [2.75, 3.05) is 0 Å². The molecule has 124 valence electrons. The number of aryl methyl sites for hydroxylation is 1. The third-order valence-electron chi connectivity index (χ3n) is 3.50. The maximum Gasteiger partial charge on any atom is 0.149 e. The van der Waals surface area contributed by atoms with Crippen LogP contribution in [0.1, 0.15) is 51.0 Å². The summed E-state index contributed by atoms with van der Waals surface area (Å²) >= 11 is -1.15. The van der Waals surface area contributed by atoms with E-state index in [0.717, 1.165) is 19.3 Å². The van der Waals surface area contributed by atoms with Gasteiger partial charge in [-0.2, -0.15) is 0 Å². The fourth-order valence-electron chi connectivity index (χ4n) is 2.19. The highest BCUT2D eigenvalue weighted by atomic mass is 32.2. The predicted octanol–water partition coefficient (Wildman–Crippen LogP) is 3.59. The van der Waals surface area contributed by atoms with E-state index in [2.05, 4.69) is 39.0 Å². The molecular formula is C18H25N3OS. The molecule has 0 amide bonds.